The largest absolute Gasteiger partial charge is 0.362 e. The zero-order valence-electron chi connectivity index (χ0n) is 10.9. The number of anilines is 1. The van der Waals surface area contributed by atoms with Gasteiger partial charge in [-0.15, -0.1) is 0 Å². The van der Waals surface area contributed by atoms with Gasteiger partial charge in [-0.05, 0) is 19.3 Å². The van der Waals surface area contributed by atoms with Crippen LogP contribution in [0.3, 0.4) is 0 Å². The minimum Gasteiger partial charge on any atom is -0.362 e. The summed E-state index contributed by atoms with van der Waals surface area (Å²) >= 11 is 0. The van der Waals surface area contributed by atoms with Gasteiger partial charge < -0.3 is 5.32 Å². The molecule has 0 aliphatic heterocycles. The molecule has 1 N–H and O–H groups in total. The molecule has 0 atom stereocenters. The fourth-order valence-corrected chi connectivity index (χ4v) is 1.85. The van der Waals surface area contributed by atoms with Crippen molar-refractivity contribution in [1.82, 2.24) is 9.78 Å². The zero-order valence-corrected chi connectivity index (χ0v) is 10.9. The van der Waals surface area contributed by atoms with Crippen molar-refractivity contribution in [2.75, 3.05) is 5.32 Å². The van der Waals surface area contributed by atoms with Crippen molar-refractivity contribution in [2.45, 2.75) is 46.1 Å². The topological polar surface area (TPSA) is 73.0 Å². The summed E-state index contributed by atoms with van der Waals surface area (Å²) < 4.78 is 1.56. The molecule has 0 bridgehead atoms. The van der Waals surface area contributed by atoms with Crippen LogP contribution in [0.1, 0.15) is 39.3 Å². The molecule has 0 aliphatic rings. The van der Waals surface area contributed by atoms with E-state index in [1.807, 2.05) is 6.92 Å². The first-order valence-electron chi connectivity index (χ1n) is 6.01. The molecule has 6 heteroatoms. The molecule has 0 spiro atoms. The number of nitrogens with one attached hydrogen (secondary N) is 1. The Morgan fingerprint density at radius 2 is 2.00 bits per heavy atom. The number of nitro groups is 1. The third kappa shape index (κ3) is 2.75. The molecule has 17 heavy (non-hydrogen) atoms. The third-order valence-corrected chi connectivity index (χ3v) is 2.94. The molecule has 0 unspecified atom stereocenters. The Hall–Kier alpha value is -1.59. The normalized spacial score (nSPS) is 10.9. The van der Waals surface area contributed by atoms with Crippen molar-refractivity contribution in [3.05, 3.63) is 15.8 Å². The van der Waals surface area contributed by atoms with Crippen molar-refractivity contribution >= 4 is 11.5 Å². The van der Waals surface area contributed by atoms with Crippen LogP contribution in [-0.4, -0.2) is 20.7 Å². The van der Waals surface area contributed by atoms with E-state index in [1.165, 1.54) is 0 Å². The molecule has 0 aliphatic carbocycles. The molecule has 0 fully saturated rings. The fraction of sp³-hybridized carbons (Fsp3) is 0.727. The molecule has 1 heterocycles. The minimum atomic E-state index is -0.351. The van der Waals surface area contributed by atoms with Crippen LogP contribution in [0.2, 0.25) is 0 Å². The van der Waals surface area contributed by atoms with Gasteiger partial charge >= 0.3 is 5.69 Å². The first kappa shape index (κ1) is 13.5. The molecule has 96 valence electrons. The van der Waals surface area contributed by atoms with Crippen molar-refractivity contribution < 1.29 is 4.92 Å². The van der Waals surface area contributed by atoms with Crippen LogP contribution in [0.4, 0.5) is 11.5 Å². The van der Waals surface area contributed by atoms with E-state index in [2.05, 4.69) is 24.3 Å². The molecule has 1 rings (SSSR count). The van der Waals surface area contributed by atoms with Gasteiger partial charge in [0, 0.05) is 13.1 Å². The Labute approximate surface area is 101 Å². The molecule has 0 radical (unpaired) electrons. The zero-order chi connectivity index (χ0) is 13.0. The van der Waals surface area contributed by atoms with E-state index < -0.39 is 0 Å². The number of hydrogen-bond acceptors (Lipinski definition) is 4. The second kappa shape index (κ2) is 5.65. The first-order chi connectivity index (χ1) is 8.04. The van der Waals surface area contributed by atoms with Gasteiger partial charge in [0.25, 0.3) is 0 Å². The summed E-state index contributed by atoms with van der Waals surface area (Å²) in [5, 5.41) is 18.5. The van der Waals surface area contributed by atoms with Crippen LogP contribution >= 0.6 is 0 Å². The van der Waals surface area contributed by atoms with Crippen LogP contribution < -0.4 is 5.32 Å². The molecule has 6 nitrogen and oxygen atoms in total. The van der Waals surface area contributed by atoms with Crippen LogP contribution in [0.15, 0.2) is 0 Å². The van der Waals surface area contributed by atoms with Crippen molar-refractivity contribution in [1.29, 1.82) is 0 Å². The quantitative estimate of drug-likeness (QED) is 0.612. The lowest BCUT2D eigenvalue weighted by Gasteiger charge is -2.15. The standard InChI is InChI=1S/C11H20N4O2/c1-5-8(6-2)12-11-10(15(16)17)9(7-3)13-14(11)4/h8,12H,5-7H2,1-4H3. The van der Waals surface area contributed by atoms with Crippen molar-refractivity contribution in [3.63, 3.8) is 0 Å². The van der Waals surface area contributed by atoms with Gasteiger partial charge in [0.05, 0.1) is 4.92 Å². The average molecular weight is 240 g/mol. The highest BCUT2D eigenvalue weighted by atomic mass is 16.6. The summed E-state index contributed by atoms with van der Waals surface area (Å²) in [6.45, 7) is 5.99. The molecule has 0 saturated heterocycles. The number of rotatable bonds is 6. The summed E-state index contributed by atoms with van der Waals surface area (Å²) in [5.74, 6) is 0.514. The lowest BCUT2D eigenvalue weighted by molar-refractivity contribution is -0.384. The highest BCUT2D eigenvalue weighted by Gasteiger charge is 2.26. The maximum absolute atomic E-state index is 11.1. The Morgan fingerprint density at radius 3 is 2.41 bits per heavy atom. The first-order valence-corrected chi connectivity index (χ1v) is 6.01. The highest BCUT2D eigenvalue weighted by molar-refractivity contribution is 5.60. The fourth-order valence-electron chi connectivity index (χ4n) is 1.85. The summed E-state index contributed by atoms with van der Waals surface area (Å²) in [6.07, 6.45) is 2.43. The lowest BCUT2D eigenvalue weighted by atomic mass is 10.1. The van der Waals surface area contributed by atoms with Crippen LogP contribution in [-0.2, 0) is 13.5 Å². The maximum atomic E-state index is 11.1. The summed E-state index contributed by atoms with van der Waals surface area (Å²) in [5.41, 5.74) is 0.646. The number of hydrogen-bond donors (Lipinski definition) is 1. The van der Waals surface area contributed by atoms with E-state index in [4.69, 9.17) is 0 Å². The van der Waals surface area contributed by atoms with Crippen molar-refractivity contribution in [3.8, 4) is 0 Å². The smallest absolute Gasteiger partial charge is 0.333 e. The Bertz CT molecular complexity index is 396. The van der Waals surface area contributed by atoms with E-state index in [0.29, 0.717) is 17.9 Å². The van der Waals surface area contributed by atoms with Gasteiger partial charge in [0.1, 0.15) is 5.69 Å². The minimum absolute atomic E-state index is 0.113. The monoisotopic (exact) mass is 240 g/mol. The van der Waals surface area contributed by atoms with E-state index in [1.54, 1.807) is 11.7 Å². The van der Waals surface area contributed by atoms with Gasteiger partial charge in [-0.25, -0.2) is 4.68 Å². The maximum Gasteiger partial charge on any atom is 0.333 e. The predicted octanol–water partition coefficient (Wildman–Crippen LogP) is 2.49. The van der Waals surface area contributed by atoms with Gasteiger partial charge in [0.2, 0.25) is 5.82 Å². The SMILES string of the molecule is CCc1nn(C)c(NC(CC)CC)c1[N+](=O)[O-]. The Morgan fingerprint density at radius 1 is 1.41 bits per heavy atom. The second-order valence-corrected chi connectivity index (χ2v) is 4.04. The van der Waals surface area contributed by atoms with Gasteiger partial charge in [-0.1, -0.05) is 20.8 Å². The van der Waals surface area contributed by atoms with E-state index >= 15 is 0 Å². The highest BCUT2D eigenvalue weighted by Crippen LogP contribution is 2.29. The summed E-state index contributed by atoms with van der Waals surface area (Å²) in [4.78, 5) is 10.7. The van der Waals surface area contributed by atoms with Gasteiger partial charge in [-0.3, -0.25) is 10.1 Å². The van der Waals surface area contributed by atoms with Gasteiger partial charge in [0.15, 0.2) is 0 Å². The molecule has 0 aromatic carbocycles. The predicted molar refractivity (Wildman–Crippen MR) is 67.2 cm³/mol. The molecule has 1 aromatic heterocycles. The molecule has 0 saturated carbocycles. The van der Waals surface area contributed by atoms with E-state index in [0.717, 1.165) is 12.8 Å². The lowest BCUT2D eigenvalue weighted by Crippen LogP contribution is -2.19. The number of nitrogens with zero attached hydrogens (tertiary/aromatic N) is 3. The van der Waals surface area contributed by atoms with Gasteiger partial charge in [-0.2, -0.15) is 5.10 Å². The molecular weight excluding hydrogens is 220 g/mol. The third-order valence-electron chi connectivity index (χ3n) is 2.94. The molecular formula is C11H20N4O2. The summed E-state index contributed by atoms with van der Waals surface area (Å²) in [7, 11) is 1.73. The second-order valence-electron chi connectivity index (χ2n) is 4.04. The average Bonchev–Trinajstić information content (AvgIpc) is 2.62. The summed E-state index contributed by atoms with van der Waals surface area (Å²) in [6, 6.07) is 0.244. The molecule has 0 amide bonds. The molecule has 1 aromatic rings. The number of aryl methyl sites for hydroxylation is 2. The Balaban J connectivity index is 3.12. The van der Waals surface area contributed by atoms with Crippen LogP contribution in [0, 0.1) is 10.1 Å². The van der Waals surface area contributed by atoms with Crippen LogP contribution in [0.25, 0.3) is 0 Å². The van der Waals surface area contributed by atoms with Crippen LogP contribution in [0.5, 0.6) is 0 Å². The Kier molecular flexibility index (Phi) is 4.48. The number of aromatic nitrogens is 2. The van der Waals surface area contributed by atoms with E-state index in [9.17, 15) is 10.1 Å². The van der Waals surface area contributed by atoms with E-state index in [-0.39, 0.29) is 16.7 Å². The van der Waals surface area contributed by atoms with Crippen molar-refractivity contribution in [2.24, 2.45) is 7.05 Å².